The fourth-order valence-corrected chi connectivity index (χ4v) is 1.65. The van der Waals surface area contributed by atoms with Crippen LogP contribution < -0.4 is 4.90 Å². The summed E-state index contributed by atoms with van der Waals surface area (Å²) in [7, 11) is 1.32. The average molecular weight is 303 g/mol. The number of ether oxygens (including phenoxy) is 2. The number of rotatable bonds is 4. The number of carbonyl (C=O) groups is 2. The van der Waals surface area contributed by atoms with Gasteiger partial charge in [0.15, 0.2) is 0 Å². The molecule has 1 aromatic carbocycles. The van der Waals surface area contributed by atoms with Gasteiger partial charge in [-0.3, -0.25) is 4.90 Å². The van der Waals surface area contributed by atoms with E-state index in [9.17, 15) is 9.59 Å². The number of nitrogens with zero attached hydrogens (tertiary/aromatic N) is 1. The monoisotopic (exact) mass is 303 g/mol. The molecular weight excluding hydrogens is 282 g/mol. The second kappa shape index (κ2) is 7.48. The molecule has 0 N–H and O–H groups in total. The van der Waals surface area contributed by atoms with E-state index in [0.717, 1.165) is 0 Å². The van der Waals surface area contributed by atoms with Crippen molar-refractivity contribution in [1.29, 1.82) is 0 Å². The third kappa shape index (κ3) is 5.11. The van der Waals surface area contributed by atoms with Crippen LogP contribution in [0, 0.1) is 0 Å². The van der Waals surface area contributed by atoms with Crippen molar-refractivity contribution in [3.05, 3.63) is 48.2 Å². The highest BCUT2D eigenvalue weighted by Gasteiger charge is 2.22. The molecule has 0 aromatic heterocycles. The normalized spacial score (nSPS) is 10.4. The smallest absolute Gasteiger partial charge is 0.415 e. The topological polar surface area (TPSA) is 55.8 Å². The lowest BCUT2D eigenvalue weighted by Crippen LogP contribution is -2.37. The van der Waals surface area contributed by atoms with Crippen LogP contribution in [-0.4, -0.2) is 31.3 Å². The Kier molecular flexibility index (Phi) is 5.96. The summed E-state index contributed by atoms with van der Waals surface area (Å²) in [4.78, 5) is 25.2. The maximum atomic E-state index is 12.3. The summed E-state index contributed by atoms with van der Waals surface area (Å²) < 4.78 is 10.0. The van der Waals surface area contributed by atoms with E-state index in [1.807, 2.05) is 0 Å². The van der Waals surface area contributed by atoms with Gasteiger partial charge in [0.1, 0.15) is 5.60 Å². The molecule has 0 spiro atoms. The zero-order chi connectivity index (χ0) is 16.8. The molecule has 118 valence electrons. The van der Waals surface area contributed by atoms with Gasteiger partial charge in [0, 0.05) is 5.69 Å². The molecule has 0 fully saturated rings. The van der Waals surface area contributed by atoms with Gasteiger partial charge in [0.2, 0.25) is 0 Å². The standard InChI is InChI=1S/C17H21NO4/c1-6-7-12-18(16(20)22-17(2,3)4)14-10-8-13(9-11-14)15(19)21-5/h7-11H,1,12H2,2-5H3. The minimum atomic E-state index is -0.598. The molecule has 0 bridgehead atoms. The maximum Gasteiger partial charge on any atom is 0.415 e. The number of methoxy groups -OCH3 is 1. The fraction of sp³-hybridized carbons (Fsp3) is 0.353. The summed E-state index contributed by atoms with van der Waals surface area (Å²) >= 11 is 0. The average Bonchev–Trinajstić information content (AvgIpc) is 2.45. The number of carbonyl (C=O) groups excluding carboxylic acids is 2. The van der Waals surface area contributed by atoms with Crippen molar-refractivity contribution in [2.75, 3.05) is 18.6 Å². The van der Waals surface area contributed by atoms with Crippen molar-refractivity contribution in [2.45, 2.75) is 26.4 Å². The molecule has 0 unspecified atom stereocenters. The van der Waals surface area contributed by atoms with Crippen LogP contribution in [0.3, 0.4) is 0 Å². The Bertz CT molecular complexity index is 578. The number of anilines is 1. The van der Waals surface area contributed by atoms with Crippen LogP contribution in [0.1, 0.15) is 31.1 Å². The minimum Gasteiger partial charge on any atom is -0.465 e. The molecule has 0 saturated carbocycles. The molecule has 0 atom stereocenters. The molecule has 5 nitrogen and oxygen atoms in total. The first-order chi connectivity index (χ1) is 10.3. The molecule has 0 aliphatic carbocycles. The number of hydrogen-bond donors (Lipinski definition) is 0. The van der Waals surface area contributed by atoms with E-state index in [2.05, 4.69) is 17.0 Å². The van der Waals surface area contributed by atoms with Crippen LogP contribution in [-0.2, 0) is 9.47 Å². The molecule has 5 heteroatoms. The quantitative estimate of drug-likeness (QED) is 0.630. The van der Waals surface area contributed by atoms with E-state index in [-0.39, 0.29) is 6.54 Å². The Hall–Kier alpha value is -2.52. The highest BCUT2D eigenvalue weighted by molar-refractivity contribution is 5.92. The van der Waals surface area contributed by atoms with E-state index >= 15 is 0 Å². The molecule has 0 radical (unpaired) electrons. The predicted octanol–water partition coefficient (Wildman–Crippen LogP) is 3.56. The summed E-state index contributed by atoms with van der Waals surface area (Å²) in [6.45, 7) is 9.16. The Labute approximate surface area is 130 Å². The van der Waals surface area contributed by atoms with E-state index in [1.54, 1.807) is 51.1 Å². The van der Waals surface area contributed by atoms with Crippen molar-refractivity contribution >= 4 is 17.7 Å². The van der Waals surface area contributed by atoms with Gasteiger partial charge >= 0.3 is 12.1 Å². The summed E-state index contributed by atoms with van der Waals surface area (Å²) in [6.07, 6.45) is 1.14. The van der Waals surface area contributed by atoms with Gasteiger partial charge in [0.25, 0.3) is 0 Å². The molecular formula is C17H21NO4. The van der Waals surface area contributed by atoms with E-state index in [1.165, 1.54) is 12.0 Å². The number of hydrogen-bond acceptors (Lipinski definition) is 4. The van der Waals surface area contributed by atoms with E-state index < -0.39 is 17.7 Å². The summed E-state index contributed by atoms with van der Waals surface area (Å²) in [5.74, 6) is -0.429. The van der Waals surface area contributed by atoms with Crippen molar-refractivity contribution in [1.82, 2.24) is 0 Å². The molecule has 0 saturated heterocycles. The lowest BCUT2D eigenvalue weighted by molar-refractivity contribution is 0.0581. The maximum absolute atomic E-state index is 12.3. The van der Waals surface area contributed by atoms with Crippen molar-refractivity contribution in [3.63, 3.8) is 0 Å². The summed E-state index contributed by atoms with van der Waals surface area (Å²) in [5, 5.41) is 0. The zero-order valence-electron chi connectivity index (χ0n) is 13.4. The first kappa shape index (κ1) is 17.5. The van der Waals surface area contributed by atoms with Gasteiger partial charge in [-0.05, 0) is 51.1 Å². The highest BCUT2D eigenvalue weighted by Crippen LogP contribution is 2.19. The molecule has 1 aromatic rings. The molecule has 1 rings (SSSR count). The van der Waals surface area contributed by atoms with E-state index in [0.29, 0.717) is 11.3 Å². The van der Waals surface area contributed by atoms with Gasteiger partial charge in [-0.15, -0.1) is 5.73 Å². The van der Waals surface area contributed by atoms with Gasteiger partial charge in [-0.1, -0.05) is 6.58 Å². The largest absolute Gasteiger partial charge is 0.465 e. The number of benzene rings is 1. The summed E-state index contributed by atoms with van der Waals surface area (Å²) in [6, 6.07) is 6.51. The van der Waals surface area contributed by atoms with Crippen LogP contribution in [0.4, 0.5) is 10.5 Å². The van der Waals surface area contributed by atoms with Crippen molar-refractivity contribution in [2.24, 2.45) is 0 Å². The molecule has 0 aliphatic rings. The number of amides is 1. The van der Waals surface area contributed by atoms with Crippen LogP contribution >= 0.6 is 0 Å². The molecule has 1 amide bonds. The first-order valence-electron chi connectivity index (χ1n) is 6.81. The lowest BCUT2D eigenvalue weighted by atomic mass is 10.2. The minimum absolute atomic E-state index is 0.274. The van der Waals surface area contributed by atoms with Gasteiger partial charge < -0.3 is 9.47 Å². The van der Waals surface area contributed by atoms with Gasteiger partial charge in [0.05, 0.1) is 19.2 Å². The van der Waals surface area contributed by atoms with Crippen LogP contribution in [0.25, 0.3) is 0 Å². The third-order valence-corrected chi connectivity index (χ3v) is 2.63. The Morgan fingerprint density at radius 1 is 1.27 bits per heavy atom. The predicted molar refractivity (Wildman–Crippen MR) is 85.1 cm³/mol. The van der Waals surface area contributed by atoms with E-state index in [4.69, 9.17) is 4.74 Å². The summed E-state index contributed by atoms with van der Waals surface area (Å²) in [5.41, 5.74) is 3.04. The van der Waals surface area contributed by atoms with Crippen molar-refractivity contribution in [3.8, 4) is 0 Å². The third-order valence-electron chi connectivity index (χ3n) is 2.63. The van der Waals surface area contributed by atoms with Crippen molar-refractivity contribution < 1.29 is 19.1 Å². The molecule has 0 aliphatic heterocycles. The van der Waals surface area contributed by atoms with Crippen LogP contribution in [0.5, 0.6) is 0 Å². The second-order valence-electron chi connectivity index (χ2n) is 5.54. The Balaban J connectivity index is 3.03. The first-order valence-corrected chi connectivity index (χ1v) is 6.81. The lowest BCUT2D eigenvalue weighted by Gasteiger charge is -2.26. The van der Waals surface area contributed by atoms with Gasteiger partial charge in [-0.25, -0.2) is 9.59 Å². The zero-order valence-corrected chi connectivity index (χ0v) is 13.4. The molecule has 22 heavy (non-hydrogen) atoms. The number of esters is 1. The fourth-order valence-electron chi connectivity index (χ4n) is 1.65. The van der Waals surface area contributed by atoms with Gasteiger partial charge in [-0.2, -0.15) is 0 Å². The highest BCUT2D eigenvalue weighted by atomic mass is 16.6. The Morgan fingerprint density at radius 3 is 2.32 bits per heavy atom. The molecule has 0 heterocycles. The SMILES string of the molecule is C=C=CCN(C(=O)OC(C)(C)C)c1ccc(C(=O)OC)cc1. The van der Waals surface area contributed by atoms with Crippen LogP contribution in [0.15, 0.2) is 42.7 Å². The Morgan fingerprint density at radius 2 is 1.86 bits per heavy atom. The second-order valence-corrected chi connectivity index (χ2v) is 5.54. The van der Waals surface area contributed by atoms with Crippen LogP contribution in [0.2, 0.25) is 0 Å².